The van der Waals surface area contributed by atoms with E-state index < -0.39 is 24.9 Å². The fourth-order valence-corrected chi connectivity index (χ4v) is 4.04. The van der Waals surface area contributed by atoms with E-state index in [9.17, 15) is 22.8 Å². The highest BCUT2D eigenvalue weighted by Gasteiger charge is 2.63. The molecule has 2 aromatic heterocycles. The molecule has 0 bridgehead atoms. The van der Waals surface area contributed by atoms with Crippen LogP contribution in [0.3, 0.4) is 0 Å². The summed E-state index contributed by atoms with van der Waals surface area (Å²) in [6.45, 7) is -2.18. The number of aryl methyl sites for hydroxylation is 1. The molecule has 1 unspecified atom stereocenters. The zero-order valence-electron chi connectivity index (χ0n) is 15.2. The fourth-order valence-electron chi connectivity index (χ4n) is 4.04. The quantitative estimate of drug-likeness (QED) is 0.593. The van der Waals surface area contributed by atoms with Gasteiger partial charge in [-0.25, -0.2) is 10.2 Å². The van der Waals surface area contributed by atoms with Crippen LogP contribution in [0.1, 0.15) is 17.9 Å². The zero-order chi connectivity index (χ0) is 20.1. The van der Waals surface area contributed by atoms with Gasteiger partial charge in [0.1, 0.15) is 5.82 Å². The normalized spacial score (nSPS) is 23.2. The van der Waals surface area contributed by atoms with Gasteiger partial charge < -0.3 is 4.90 Å². The molecule has 5 nitrogen and oxygen atoms in total. The van der Waals surface area contributed by atoms with Crippen molar-refractivity contribution in [3.8, 4) is 17.2 Å². The number of halogens is 4. The number of rotatable bonds is 3. The molecule has 0 aliphatic carbocycles. The van der Waals surface area contributed by atoms with Gasteiger partial charge >= 0.3 is 11.8 Å². The smallest absolute Gasteiger partial charge is 0.329 e. The molecule has 0 aromatic carbocycles. The minimum Gasteiger partial charge on any atom is -0.344 e. The van der Waals surface area contributed by atoms with Gasteiger partial charge in [-0.15, -0.1) is 0 Å². The van der Waals surface area contributed by atoms with Crippen molar-refractivity contribution in [1.82, 2.24) is 14.8 Å². The Morgan fingerprint density at radius 1 is 1.25 bits per heavy atom. The number of nitrogens with zero attached hydrogens (tertiary/aromatic N) is 5. The SMILES string of the molecule is Cn1ccc(-c2cc(N3CC(F)(F)C(F)(F)C3)ncc2C2CCB(C#N)C2)n1. The van der Waals surface area contributed by atoms with Crippen molar-refractivity contribution in [2.75, 3.05) is 18.0 Å². The summed E-state index contributed by atoms with van der Waals surface area (Å²) in [6.07, 6.45) is 5.62. The maximum Gasteiger partial charge on any atom is 0.329 e. The summed E-state index contributed by atoms with van der Waals surface area (Å²) < 4.78 is 56.1. The summed E-state index contributed by atoms with van der Waals surface area (Å²) in [5, 5.41) is 13.6. The first-order valence-electron chi connectivity index (χ1n) is 9.10. The van der Waals surface area contributed by atoms with Crippen LogP contribution < -0.4 is 4.90 Å². The molecule has 28 heavy (non-hydrogen) atoms. The van der Waals surface area contributed by atoms with E-state index in [1.165, 1.54) is 0 Å². The van der Waals surface area contributed by atoms with Gasteiger partial charge in [0.25, 0.3) is 6.71 Å². The number of hydrogen-bond acceptors (Lipinski definition) is 4. The molecule has 0 N–H and O–H groups in total. The lowest BCUT2D eigenvalue weighted by molar-refractivity contribution is -0.172. The Balaban J connectivity index is 1.73. The number of pyridine rings is 1. The van der Waals surface area contributed by atoms with E-state index >= 15 is 0 Å². The molecule has 4 rings (SSSR count). The fraction of sp³-hybridized carbons (Fsp3) is 0.500. The Bertz CT molecular complexity index is 922. The predicted octanol–water partition coefficient (Wildman–Crippen LogP) is 3.62. The summed E-state index contributed by atoms with van der Waals surface area (Å²) in [6, 6.07) is 3.35. The summed E-state index contributed by atoms with van der Waals surface area (Å²) in [7, 11) is 1.76. The number of aromatic nitrogens is 3. The molecule has 2 aliphatic heterocycles. The molecule has 0 saturated carbocycles. The second-order valence-electron chi connectivity index (χ2n) is 7.61. The lowest BCUT2D eigenvalue weighted by Crippen LogP contribution is -2.38. The lowest BCUT2D eigenvalue weighted by Gasteiger charge is -2.20. The number of nitriles is 1. The molecule has 146 valence electrons. The maximum atomic E-state index is 13.6. The third-order valence-electron chi connectivity index (χ3n) is 5.60. The van der Waals surface area contributed by atoms with Crippen molar-refractivity contribution in [3.05, 3.63) is 30.1 Å². The molecule has 2 saturated heterocycles. The second kappa shape index (κ2) is 6.50. The van der Waals surface area contributed by atoms with E-state index in [1.807, 2.05) is 0 Å². The molecule has 0 radical (unpaired) electrons. The van der Waals surface area contributed by atoms with Gasteiger partial charge in [0.15, 0.2) is 0 Å². The summed E-state index contributed by atoms with van der Waals surface area (Å²) in [5.41, 5.74) is 2.19. The first-order valence-corrected chi connectivity index (χ1v) is 9.10. The molecule has 0 spiro atoms. The molecule has 2 aliphatic rings. The van der Waals surface area contributed by atoms with E-state index in [0.717, 1.165) is 23.2 Å². The molecular weight excluding hydrogens is 373 g/mol. The van der Waals surface area contributed by atoms with Gasteiger partial charge in [0, 0.05) is 31.0 Å². The molecular formula is C18H18BF4N5. The van der Waals surface area contributed by atoms with Crippen molar-refractivity contribution in [3.63, 3.8) is 0 Å². The van der Waals surface area contributed by atoms with E-state index in [0.29, 0.717) is 17.6 Å². The van der Waals surface area contributed by atoms with Crippen molar-refractivity contribution in [1.29, 1.82) is 5.26 Å². The van der Waals surface area contributed by atoms with Gasteiger partial charge in [-0.2, -0.15) is 22.7 Å². The number of anilines is 1. The van der Waals surface area contributed by atoms with E-state index in [1.54, 1.807) is 36.3 Å². The molecule has 2 fully saturated rings. The van der Waals surface area contributed by atoms with Crippen LogP contribution >= 0.6 is 0 Å². The van der Waals surface area contributed by atoms with Crippen LogP contribution in [0.5, 0.6) is 0 Å². The maximum absolute atomic E-state index is 13.6. The number of hydrogen-bond donors (Lipinski definition) is 0. The molecule has 2 aromatic rings. The Kier molecular flexibility index (Phi) is 4.36. The summed E-state index contributed by atoms with van der Waals surface area (Å²) in [4.78, 5) is 5.14. The van der Waals surface area contributed by atoms with Crippen molar-refractivity contribution in [2.45, 2.75) is 36.8 Å². The van der Waals surface area contributed by atoms with Crippen LogP contribution in [0.25, 0.3) is 11.3 Å². The van der Waals surface area contributed by atoms with E-state index in [4.69, 9.17) is 0 Å². The molecule has 1 atom stereocenters. The third-order valence-corrected chi connectivity index (χ3v) is 5.60. The van der Waals surface area contributed by atoms with Crippen molar-refractivity contribution < 1.29 is 17.6 Å². The topological polar surface area (TPSA) is 57.7 Å². The molecule has 0 amide bonds. The van der Waals surface area contributed by atoms with Gasteiger partial charge in [-0.3, -0.25) is 4.68 Å². The standard InChI is InChI=1S/C18H18BF4N5/c1-27-5-3-15(26-27)13-6-16(28-9-17(20,21)18(22,23)10-28)25-8-14(13)12-2-4-19(7-12)11-24/h3,5-6,8,12H,2,4,7,9-10H2,1H3. The van der Waals surface area contributed by atoms with Crippen molar-refractivity contribution >= 4 is 12.5 Å². The Hall–Kier alpha value is -2.57. The predicted molar refractivity (Wildman–Crippen MR) is 96.9 cm³/mol. The average Bonchev–Trinajstić information content (AvgIpc) is 3.33. The van der Waals surface area contributed by atoms with Gasteiger partial charge in [0.05, 0.1) is 18.8 Å². The van der Waals surface area contributed by atoms with Crippen LogP contribution in [0.4, 0.5) is 23.4 Å². The summed E-state index contributed by atoms with van der Waals surface area (Å²) in [5.74, 6) is -5.72. The first-order chi connectivity index (χ1) is 13.2. The highest BCUT2D eigenvalue weighted by molar-refractivity contribution is 6.67. The molecule has 10 heteroatoms. The van der Waals surface area contributed by atoms with Gasteiger partial charge in [-0.1, -0.05) is 19.1 Å². The first kappa shape index (κ1) is 18.8. The monoisotopic (exact) mass is 391 g/mol. The minimum absolute atomic E-state index is 0.0303. The highest BCUT2D eigenvalue weighted by Crippen LogP contribution is 2.44. The van der Waals surface area contributed by atoms with Crippen LogP contribution in [0.15, 0.2) is 24.5 Å². The van der Waals surface area contributed by atoms with Crippen LogP contribution in [0, 0.1) is 11.2 Å². The highest BCUT2D eigenvalue weighted by atomic mass is 19.3. The average molecular weight is 391 g/mol. The summed E-state index contributed by atoms with van der Waals surface area (Å²) >= 11 is 0. The Labute approximate surface area is 160 Å². The van der Waals surface area contributed by atoms with Gasteiger partial charge in [-0.05, 0) is 23.6 Å². The van der Waals surface area contributed by atoms with Crippen LogP contribution in [0.2, 0.25) is 12.6 Å². The zero-order valence-corrected chi connectivity index (χ0v) is 15.2. The molecule has 4 heterocycles. The third kappa shape index (κ3) is 3.13. The minimum atomic E-state index is -4.09. The lowest BCUT2D eigenvalue weighted by atomic mass is 9.49. The second-order valence-corrected chi connectivity index (χ2v) is 7.61. The van der Waals surface area contributed by atoms with Crippen LogP contribution in [-0.4, -0.2) is 46.4 Å². The number of alkyl halides is 4. The van der Waals surface area contributed by atoms with E-state index in [-0.39, 0.29) is 18.4 Å². The van der Waals surface area contributed by atoms with Gasteiger partial charge in [0.2, 0.25) is 0 Å². The Morgan fingerprint density at radius 2 is 1.96 bits per heavy atom. The van der Waals surface area contributed by atoms with Crippen molar-refractivity contribution in [2.24, 2.45) is 7.05 Å². The Morgan fingerprint density at radius 3 is 2.54 bits per heavy atom. The van der Waals surface area contributed by atoms with Crippen LogP contribution in [-0.2, 0) is 7.05 Å². The largest absolute Gasteiger partial charge is 0.344 e. The van der Waals surface area contributed by atoms with E-state index in [2.05, 4.69) is 16.1 Å².